The Morgan fingerprint density at radius 3 is 2.21 bits per heavy atom. The molecule has 1 saturated heterocycles. The molecule has 6 nitrogen and oxygen atoms in total. The van der Waals surface area contributed by atoms with E-state index in [9.17, 15) is 18.4 Å². The first kappa shape index (κ1) is 38.4. The van der Waals surface area contributed by atoms with Crippen molar-refractivity contribution in [1.82, 2.24) is 10.2 Å². The van der Waals surface area contributed by atoms with Crippen molar-refractivity contribution in [3.8, 4) is 22.6 Å². The number of carbonyl (C=O) groups excluding carboxylic acids is 2. The molecule has 1 aliphatic heterocycles. The van der Waals surface area contributed by atoms with Crippen molar-refractivity contribution in [1.29, 1.82) is 0 Å². The van der Waals surface area contributed by atoms with Crippen molar-refractivity contribution < 1.29 is 36.6 Å². The first-order valence-corrected chi connectivity index (χ1v) is 18.2. The van der Waals surface area contributed by atoms with E-state index < -0.39 is 40.4 Å². The van der Waals surface area contributed by atoms with Crippen LogP contribution < -0.4 is 14.8 Å². The summed E-state index contributed by atoms with van der Waals surface area (Å²) in [7, 11) is 3.20. The summed E-state index contributed by atoms with van der Waals surface area (Å²) in [4.78, 5) is 28.4. The molecule has 1 atom stereocenters. The highest BCUT2D eigenvalue weighted by atomic mass is 32.1. The van der Waals surface area contributed by atoms with Crippen LogP contribution in [0, 0.1) is 12.7 Å². The Bertz CT molecular complexity index is 2000. The molecule has 2 aliphatic rings. The predicted molar refractivity (Wildman–Crippen MR) is 203 cm³/mol. The fourth-order valence-corrected chi connectivity index (χ4v) is 7.90. The Hall–Kier alpha value is -4.35. The molecule has 280 valence electrons. The van der Waals surface area contributed by atoms with Crippen molar-refractivity contribution in [2.24, 2.45) is 0 Å². The zero-order valence-corrected chi connectivity index (χ0v) is 31.2. The third-order valence-corrected chi connectivity index (χ3v) is 10.8. The van der Waals surface area contributed by atoms with E-state index in [1.54, 1.807) is 39.4 Å². The van der Waals surface area contributed by atoms with Gasteiger partial charge in [0.15, 0.2) is 0 Å². The summed E-state index contributed by atoms with van der Waals surface area (Å²) in [6, 6.07) is 17.0. The number of benzene rings is 4. The van der Waals surface area contributed by atoms with Gasteiger partial charge in [-0.3, -0.25) is 14.5 Å². The first-order chi connectivity index (χ1) is 25.2. The van der Waals surface area contributed by atoms with E-state index in [1.807, 2.05) is 55.5 Å². The minimum Gasteiger partial charge on any atom is -0.496 e. The number of ether oxygens (including phenoxy) is 2. The third kappa shape index (κ3) is 8.26. The minimum absolute atomic E-state index is 0.0715. The fraction of sp³-hybridized carbons (Fsp3) is 0.381. The molecular formula is C42H44F4N2O4S. The zero-order chi connectivity index (χ0) is 38.1. The van der Waals surface area contributed by atoms with E-state index in [-0.39, 0.29) is 24.8 Å². The summed E-state index contributed by atoms with van der Waals surface area (Å²) >= 11 is 4.06. The molecule has 53 heavy (non-hydrogen) atoms. The highest BCUT2D eigenvalue weighted by Crippen LogP contribution is 2.49. The molecule has 4 aromatic carbocycles. The number of methoxy groups -OCH3 is 2. The van der Waals surface area contributed by atoms with Crippen LogP contribution in [0.5, 0.6) is 11.5 Å². The number of fused-ring (bicyclic) bond motifs is 1. The molecule has 0 spiro atoms. The SMILES string of the molecule is C/C=C/C1(F)CCN(Cc2cc(OC)c(-c3cccc4c(C[C@H](NC(=O)c5c(C)cc(C6CC(F)(F)C6)cc5F)C(=O)S)cccc34)c(OC)c2)CC1. The Balaban J connectivity index is 1.25. The van der Waals surface area contributed by atoms with Crippen LogP contribution in [0.3, 0.4) is 0 Å². The quantitative estimate of drug-likeness (QED) is 0.0860. The van der Waals surface area contributed by atoms with Gasteiger partial charge >= 0.3 is 0 Å². The summed E-state index contributed by atoms with van der Waals surface area (Å²) in [5, 5.41) is 3.72. The largest absolute Gasteiger partial charge is 0.496 e. The van der Waals surface area contributed by atoms with Gasteiger partial charge in [0.1, 0.15) is 29.0 Å². The number of alkyl halides is 3. The second-order valence-electron chi connectivity index (χ2n) is 14.2. The lowest BCUT2D eigenvalue weighted by molar-refractivity contribution is -0.112. The van der Waals surface area contributed by atoms with E-state index in [4.69, 9.17) is 9.47 Å². The number of hydrogen-bond acceptors (Lipinski definition) is 5. The van der Waals surface area contributed by atoms with Gasteiger partial charge < -0.3 is 14.8 Å². The van der Waals surface area contributed by atoms with Crippen LogP contribution >= 0.6 is 12.6 Å². The van der Waals surface area contributed by atoms with Gasteiger partial charge in [-0.2, -0.15) is 0 Å². The van der Waals surface area contributed by atoms with Crippen LogP contribution in [0.2, 0.25) is 0 Å². The number of aryl methyl sites for hydroxylation is 1. The second-order valence-corrected chi connectivity index (χ2v) is 14.7. The molecule has 11 heteroatoms. The first-order valence-electron chi connectivity index (χ1n) is 17.8. The van der Waals surface area contributed by atoms with Crippen molar-refractivity contribution in [3.63, 3.8) is 0 Å². The Labute approximate surface area is 313 Å². The van der Waals surface area contributed by atoms with Gasteiger partial charge in [0.25, 0.3) is 5.91 Å². The highest BCUT2D eigenvalue weighted by molar-refractivity contribution is 7.96. The number of likely N-dealkylation sites (tertiary alicyclic amines) is 1. The Kier molecular flexibility index (Phi) is 11.3. The number of halogens is 4. The minimum atomic E-state index is -2.76. The average Bonchev–Trinajstić information content (AvgIpc) is 3.10. The van der Waals surface area contributed by atoms with E-state index in [0.29, 0.717) is 55.1 Å². The molecule has 0 unspecified atom stereocenters. The maximum atomic E-state index is 15.3. The Morgan fingerprint density at radius 1 is 0.981 bits per heavy atom. The number of piperidine rings is 1. The topological polar surface area (TPSA) is 67.9 Å². The normalized spacial score (nSPS) is 17.8. The number of amides is 1. The van der Waals surface area contributed by atoms with Crippen molar-refractivity contribution in [2.75, 3.05) is 27.3 Å². The lowest BCUT2D eigenvalue weighted by atomic mass is 9.76. The number of rotatable bonds is 12. The molecule has 1 amide bonds. The number of nitrogens with zero attached hydrogens (tertiary/aromatic N) is 1. The Morgan fingerprint density at radius 2 is 1.62 bits per heavy atom. The summed E-state index contributed by atoms with van der Waals surface area (Å²) in [6.45, 7) is 5.24. The smallest absolute Gasteiger partial charge is 0.255 e. The number of allylic oxidation sites excluding steroid dienone is 2. The lowest BCUT2D eigenvalue weighted by Crippen LogP contribution is -2.41. The van der Waals surface area contributed by atoms with Crippen LogP contribution in [-0.4, -0.2) is 60.9 Å². The lowest BCUT2D eigenvalue weighted by Gasteiger charge is -2.35. The van der Waals surface area contributed by atoms with Crippen LogP contribution in [0.15, 0.2) is 72.8 Å². The van der Waals surface area contributed by atoms with Crippen LogP contribution in [0.25, 0.3) is 21.9 Å². The highest BCUT2D eigenvalue weighted by Gasteiger charge is 2.46. The summed E-state index contributed by atoms with van der Waals surface area (Å²) in [6.07, 6.45) is 3.65. The molecule has 2 fully saturated rings. The molecule has 1 heterocycles. The molecular weight excluding hydrogens is 705 g/mol. The van der Waals surface area contributed by atoms with Crippen molar-refractivity contribution >= 4 is 34.4 Å². The number of hydrogen-bond donors (Lipinski definition) is 2. The maximum absolute atomic E-state index is 15.3. The summed E-state index contributed by atoms with van der Waals surface area (Å²) < 4.78 is 69.1. The van der Waals surface area contributed by atoms with Gasteiger partial charge in [-0.25, -0.2) is 17.6 Å². The number of carbonyl (C=O) groups is 2. The predicted octanol–water partition coefficient (Wildman–Crippen LogP) is 9.16. The molecule has 6 rings (SSSR count). The average molecular weight is 749 g/mol. The summed E-state index contributed by atoms with van der Waals surface area (Å²) in [5.74, 6) is -3.65. The van der Waals surface area contributed by atoms with E-state index in [0.717, 1.165) is 39.1 Å². The van der Waals surface area contributed by atoms with Crippen molar-refractivity contribution in [3.05, 3.63) is 106 Å². The molecule has 1 aliphatic carbocycles. The second kappa shape index (κ2) is 15.6. The van der Waals surface area contributed by atoms with Gasteiger partial charge in [-0.15, -0.1) is 12.6 Å². The van der Waals surface area contributed by atoms with E-state index in [2.05, 4.69) is 22.8 Å². The van der Waals surface area contributed by atoms with Crippen LogP contribution in [0.4, 0.5) is 17.6 Å². The van der Waals surface area contributed by atoms with Gasteiger partial charge in [-0.1, -0.05) is 54.6 Å². The molecule has 0 bridgehead atoms. The molecule has 0 radical (unpaired) electrons. The van der Waals surface area contributed by atoms with Crippen LogP contribution in [-0.2, 0) is 17.8 Å². The van der Waals surface area contributed by atoms with Gasteiger partial charge in [-0.05, 0) is 89.4 Å². The standard InChI is InChI=1S/C42H44F4N2O4S/c1-5-12-41(44)13-15-48(16-14-41)24-26-18-35(51-3)38(36(19-26)52-4)32-11-7-9-30-27(8-6-10-31(30)32)21-34(40(50)53)47-39(49)37-25(2)17-28(20-33(37)43)29-22-42(45,46)23-29/h5-12,17-20,29,34H,13-16,21-24H2,1-4H3,(H,47,49)(H,50,53)/b12-5+/t34-/m0/s1. The van der Waals surface area contributed by atoms with Gasteiger partial charge in [0.2, 0.25) is 11.0 Å². The monoisotopic (exact) mass is 748 g/mol. The van der Waals surface area contributed by atoms with Gasteiger partial charge in [0.05, 0.1) is 25.3 Å². The maximum Gasteiger partial charge on any atom is 0.255 e. The zero-order valence-electron chi connectivity index (χ0n) is 30.3. The third-order valence-electron chi connectivity index (χ3n) is 10.5. The van der Waals surface area contributed by atoms with E-state index >= 15 is 8.78 Å². The fourth-order valence-electron chi connectivity index (χ4n) is 7.74. The molecule has 4 aromatic rings. The van der Waals surface area contributed by atoms with Crippen molar-refractivity contribution in [2.45, 2.75) is 76.0 Å². The molecule has 0 aromatic heterocycles. The van der Waals surface area contributed by atoms with E-state index in [1.165, 1.54) is 0 Å². The van der Waals surface area contributed by atoms with Gasteiger partial charge in [0, 0.05) is 38.9 Å². The number of thiol groups is 1. The molecule has 1 saturated carbocycles. The summed E-state index contributed by atoms with van der Waals surface area (Å²) in [5.41, 5.74) is 2.50. The molecule has 1 N–H and O–H groups in total. The number of nitrogens with one attached hydrogen (secondary N) is 1. The van der Waals surface area contributed by atoms with Crippen LogP contribution in [0.1, 0.15) is 71.1 Å².